The molecule has 0 aromatic carbocycles. The van der Waals surface area contributed by atoms with Gasteiger partial charge in [-0.15, -0.1) is 24.8 Å². The van der Waals surface area contributed by atoms with E-state index < -0.39 is 0 Å². The first-order valence-electron chi connectivity index (χ1n) is 6.76. The van der Waals surface area contributed by atoms with Gasteiger partial charge in [-0.05, 0) is 39.2 Å². The van der Waals surface area contributed by atoms with Crippen LogP contribution in [0.4, 0.5) is 11.8 Å². The zero-order chi connectivity index (χ0) is 13.4. The van der Waals surface area contributed by atoms with E-state index in [-0.39, 0.29) is 24.8 Å². The zero-order valence-electron chi connectivity index (χ0n) is 12.3. The highest BCUT2D eigenvalue weighted by atomic mass is 35.5. The SMILES string of the molecule is CCCCNc1nc(C)c(CCCCN)c(N)n1.Cl.Cl. The summed E-state index contributed by atoms with van der Waals surface area (Å²) in [6.07, 6.45) is 5.21. The number of nitrogens with one attached hydrogen (secondary N) is 1. The molecule has 5 N–H and O–H groups in total. The molecular weight excluding hydrogens is 297 g/mol. The Morgan fingerprint density at radius 2 is 1.80 bits per heavy atom. The first kappa shape index (κ1) is 21.5. The van der Waals surface area contributed by atoms with Crippen LogP contribution in [-0.2, 0) is 6.42 Å². The van der Waals surface area contributed by atoms with E-state index in [9.17, 15) is 0 Å². The van der Waals surface area contributed by atoms with Gasteiger partial charge in [-0.2, -0.15) is 4.98 Å². The number of nitrogens with two attached hydrogens (primary N) is 2. The number of halogens is 2. The lowest BCUT2D eigenvalue weighted by atomic mass is 10.1. The Bertz CT molecular complexity index is 351. The van der Waals surface area contributed by atoms with Crippen molar-refractivity contribution in [2.75, 3.05) is 24.1 Å². The Morgan fingerprint density at radius 3 is 2.35 bits per heavy atom. The Labute approximate surface area is 134 Å². The maximum Gasteiger partial charge on any atom is 0.224 e. The van der Waals surface area contributed by atoms with E-state index in [4.69, 9.17) is 11.5 Å². The first-order chi connectivity index (χ1) is 8.69. The second-order valence-electron chi connectivity index (χ2n) is 4.52. The van der Waals surface area contributed by atoms with Crippen molar-refractivity contribution in [3.63, 3.8) is 0 Å². The minimum absolute atomic E-state index is 0. The summed E-state index contributed by atoms with van der Waals surface area (Å²) in [7, 11) is 0. The van der Waals surface area contributed by atoms with Crippen LogP contribution < -0.4 is 16.8 Å². The fourth-order valence-corrected chi connectivity index (χ4v) is 1.83. The highest BCUT2D eigenvalue weighted by Gasteiger charge is 2.08. The lowest BCUT2D eigenvalue weighted by Gasteiger charge is -2.11. The van der Waals surface area contributed by atoms with Gasteiger partial charge in [0, 0.05) is 17.8 Å². The molecule has 20 heavy (non-hydrogen) atoms. The molecule has 0 atom stereocenters. The predicted molar refractivity (Wildman–Crippen MR) is 91.1 cm³/mol. The lowest BCUT2D eigenvalue weighted by molar-refractivity contribution is 0.737. The number of anilines is 2. The summed E-state index contributed by atoms with van der Waals surface area (Å²) >= 11 is 0. The molecule has 0 aliphatic rings. The topological polar surface area (TPSA) is 89.8 Å². The fourth-order valence-electron chi connectivity index (χ4n) is 1.83. The number of nitrogen functional groups attached to an aromatic ring is 1. The van der Waals surface area contributed by atoms with Gasteiger partial charge < -0.3 is 16.8 Å². The van der Waals surface area contributed by atoms with Crippen LogP contribution in [0.5, 0.6) is 0 Å². The Morgan fingerprint density at radius 1 is 1.10 bits per heavy atom. The molecule has 1 aromatic rings. The number of unbranched alkanes of at least 4 members (excludes halogenated alkanes) is 2. The summed E-state index contributed by atoms with van der Waals surface area (Å²) in [4.78, 5) is 8.76. The predicted octanol–water partition coefficient (Wildman–Crippen LogP) is 2.70. The largest absolute Gasteiger partial charge is 0.383 e. The van der Waals surface area contributed by atoms with Crippen LogP contribution in [-0.4, -0.2) is 23.1 Å². The minimum atomic E-state index is 0. The molecule has 1 aromatic heterocycles. The molecule has 0 aliphatic heterocycles. The van der Waals surface area contributed by atoms with Gasteiger partial charge in [0.25, 0.3) is 0 Å². The molecule has 1 heterocycles. The summed E-state index contributed by atoms with van der Waals surface area (Å²) in [6, 6.07) is 0. The second kappa shape index (κ2) is 12.0. The smallest absolute Gasteiger partial charge is 0.224 e. The highest BCUT2D eigenvalue weighted by molar-refractivity contribution is 5.85. The van der Waals surface area contributed by atoms with Crippen molar-refractivity contribution in [2.24, 2.45) is 5.73 Å². The van der Waals surface area contributed by atoms with Crippen LogP contribution >= 0.6 is 24.8 Å². The average molecular weight is 324 g/mol. The van der Waals surface area contributed by atoms with E-state index in [1.165, 1.54) is 0 Å². The van der Waals surface area contributed by atoms with Gasteiger partial charge in [-0.3, -0.25) is 0 Å². The monoisotopic (exact) mass is 323 g/mol. The van der Waals surface area contributed by atoms with E-state index in [0.29, 0.717) is 11.8 Å². The van der Waals surface area contributed by atoms with Crippen molar-refractivity contribution in [1.29, 1.82) is 0 Å². The van der Waals surface area contributed by atoms with Gasteiger partial charge >= 0.3 is 0 Å². The number of hydrogen-bond acceptors (Lipinski definition) is 5. The molecule has 0 aliphatic carbocycles. The van der Waals surface area contributed by atoms with Crippen molar-refractivity contribution in [2.45, 2.75) is 46.0 Å². The number of aromatic nitrogens is 2. The third kappa shape index (κ3) is 7.12. The quantitative estimate of drug-likeness (QED) is 0.640. The van der Waals surface area contributed by atoms with Gasteiger partial charge in [-0.25, -0.2) is 4.98 Å². The van der Waals surface area contributed by atoms with Gasteiger partial charge in [0.1, 0.15) is 5.82 Å². The van der Waals surface area contributed by atoms with Crippen LogP contribution in [0.15, 0.2) is 0 Å². The highest BCUT2D eigenvalue weighted by Crippen LogP contribution is 2.17. The molecule has 0 saturated heterocycles. The summed E-state index contributed by atoms with van der Waals surface area (Å²) in [5, 5.41) is 3.20. The van der Waals surface area contributed by atoms with Crippen molar-refractivity contribution >= 4 is 36.6 Å². The van der Waals surface area contributed by atoms with Crippen LogP contribution in [0.1, 0.15) is 43.9 Å². The van der Waals surface area contributed by atoms with E-state index in [1.807, 2.05) is 6.92 Å². The molecule has 0 amide bonds. The molecule has 1 rings (SSSR count). The maximum atomic E-state index is 5.99. The summed E-state index contributed by atoms with van der Waals surface area (Å²) in [5.74, 6) is 1.24. The van der Waals surface area contributed by atoms with Gasteiger partial charge in [0.2, 0.25) is 5.95 Å². The maximum absolute atomic E-state index is 5.99. The van der Waals surface area contributed by atoms with Crippen molar-refractivity contribution in [1.82, 2.24) is 9.97 Å². The molecule has 7 heteroatoms. The number of nitrogens with zero attached hydrogens (tertiary/aromatic N) is 2. The average Bonchev–Trinajstić information content (AvgIpc) is 2.33. The fraction of sp³-hybridized carbons (Fsp3) is 0.692. The van der Waals surface area contributed by atoms with Crippen molar-refractivity contribution in [3.8, 4) is 0 Å². The molecule has 0 unspecified atom stereocenters. The molecule has 0 saturated carbocycles. The number of hydrogen-bond donors (Lipinski definition) is 3. The second-order valence-corrected chi connectivity index (χ2v) is 4.52. The molecule has 0 fully saturated rings. The van der Waals surface area contributed by atoms with E-state index in [0.717, 1.165) is 56.5 Å². The van der Waals surface area contributed by atoms with E-state index >= 15 is 0 Å². The Hall–Kier alpha value is -0.780. The lowest BCUT2D eigenvalue weighted by Crippen LogP contribution is -2.11. The minimum Gasteiger partial charge on any atom is -0.383 e. The van der Waals surface area contributed by atoms with Crippen LogP contribution in [0, 0.1) is 6.92 Å². The number of aryl methyl sites for hydroxylation is 1. The Kier molecular flexibility index (Phi) is 12.9. The summed E-state index contributed by atoms with van der Waals surface area (Å²) < 4.78 is 0. The van der Waals surface area contributed by atoms with E-state index in [2.05, 4.69) is 22.2 Å². The van der Waals surface area contributed by atoms with Gasteiger partial charge in [0.15, 0.2) is 0 Å². The third-order valence-corrected chi connectivity index (χ3v) is 2.94. The molecule has 0 bridgehead atoms. The standard InChI is InChI=1S/C13H25N5.2ClH/c1-3-4-9-16-13-17-10(2)11(12(15)18-13)7-5-6-8-14;;/h3-9,14H2,1-2H3,(H3,15,16,17,18);2*1H. The molecular formula is C13H27Cl2N5. The van der Waals surface area contributed by atoms with Crippen molar-refractivity contribution < 1.29 is 0 Å². The number of rotatable bonds is 8. The van der Waals surface area contributed by atoms with E-state index in [1.54, 1.807) is 0 Å². The van der Waals surface area contributed by atoms with Gasteiger partial charge in [0.05, 0.1) is 0 Å². The summed E-state index contributed by atoms with van der Waals surface area (Å²) in [6.45, 7) is 5.75. The van der Waals surface area contributed by atoms with Crippen LogP contribution in [0.3, 0.4) is 0 Å². The van der Waals surface area contributed by atoms with Crippen molar-refractivity contribution in [3.05, 3.63) is 11.3 Å². The first-order valence-corrected chi connectivity index (χ1v) is 6.76. The molecule has 118 valence electrons. The molecule has 5 nitrogen and oxygen atoms in total. The summed E-state index contributed by atoms with van der Waals surface area (Å²) in [5.41, 5.74) is 13.5. The zero-order valence-corrected chi connectivity index (χ0v) is 13.9. The van der Waals surface area contributed by atoms with Crippen LogP contribution in [0.2, 0.25) is 0 Å². The third-order valence-electron chi connectivity index (χ3n) is 2.94. The molecule has 0 radical (unpaired) electrons. The van der Waals surface area contributed by atoms with Crippen LogP contribution in [0.25, 0.3) is 0 Å². The molecule has 0 spiro atoms. The Balaban J connectivity index is 0. The van der Waals surface area contributed by atoms with Gasteiger partial charge in [-0.1, -0.05) is 13.3 Å². The normalized spacial score (nSPS) is 9.55.